The van der Waals surface area contributed by atoms with E-state index in [9.17, 15) is 4.39 Å². The summed E-state index contributed by atoms with van der Waals surface area (Å²) in [5, 5.41) is 5.00. The van der Waals surface area contributed by atoms with E-state index >= 15 is 0 Å². The van der Waals surface area contributed by atoms with Crippen molar-refractivity contribution >= 4 is 22.3 Å². The second-order valence-corrected chi connectivity index (χ2v) is 5.78. The second-order valence-electron chi connectivity index (χ2n) is 5.78. The van der Waals surface area contributed by atoms with Crippen molar-refractivity contribution in [3.63, 3.8) is 0 Å². The molecule has 24 heavy (non-hydrogen) atoms. The predicted octanol–water partition coefficient (Wildman–Crippen LogP) is 6.29. The van der Waals surface area contributed by atoms with E-state index in [2.05, 4.69) is 24.4 Å². The SMILES string of the molecule is Cc1ccc(-c2oc(Nc3ccccc3F)c3ccccc23)cc1. The Bertz CT molecular complexity index is 1000. The van der Waals surface area contributed by atoms with Crippen molar-refractivity contribution in [1.29, 1.82) is 0 Å². The summed E-state index contributed by atoms with van der Waals surface area (Å²) < 4.78 is 20.0. The van der Waals surface area contributed by atoms with Gasteiger partial charge in [0.25, 0.3) is 0 Å². The molecule has 0 bridgehead atoms. The van der Waals surface area contributed by atoms with Gasteiger partial charge in [-0.1, -0.05) is 60.2 Å². The zero-order valence-corrected chi connectivity index (χ0v) is 13.2. The van der Waals surface area contributed by atoms with Crippen molar-refractivity contribution in [2.24, 2.45) is 0 Å². The molecule has 3 aromatic carbocycles. The number of nitrogens with one attached hydrogen (secondary N) is 1. The number of para-hydroxylation sites is 1. The van der Waals surface area contributed by atoms with Crippen LogP contribution in [0.25, 0.3) is 22.1 Å². The Balaban J connectivity index is 1.85. The smallest absolute Gasteiger partial charge is 0.206 e. The molecule has 1 heterocycles. The van der Waals surface area contributed by atoms with Gasteiger partial charge >= 0.3 is 0 Å². The Morgan fingerprint density at radius 2 is 1.46 bits per heavy atom. The molecule has 0 amide bonds. The largest absolute Gasteiger partial charge is 0.439 e. The van der Waals surface area contributed by atoms with E-state index in [4.69, 9.17) is 4.42 Å². The van der Waals surface area contributed by atoms with Gasteiger partial charge in [-0.15, -0.1) is 0 Å². The quantitative estimate of drug-likeness (QED) is 0.480. The highest BCUT2D eigenvalue weighted by molar-refractivity contribution is 6.01. The molecule has 0 aliphatic heterocycles. The zero-order valence-electron chi connectivity index (χ0n) is 13.2. The number of furan rings is 1. The highest BCUT2D eigenvalue weighted by Gasteiger charge is 2.15. The topological polar surface area (TPSA) is 25.2 Å². The average Bonchev–Trinajstić information content (AvgIpc) is 2.97. The third-order valence-electron chi connectivity index (χ3n) is 4.06. The van der Waals surface area contributed by atoms with Crippen LogP contribution in [0.15, 0.2) is 77.2 Å². The van der Waals surface area contributed by atoms with Crippen LogP contribution in [0.3, 0.4) is 0 Å². The molecular formula is C21H16FNO. The number of anilines is 2. The average molecular weight is 317 g/mol. The van der Waals surface area contributed by atoms with Crippen molar-refractivity contribution in [1.82, 2.24) is 0 Å². The number of hydrogen-bond donors (Lipinski definition) is 1. The molecule has 2 nitrogen and oxygen atoms in total. The number of halogens is 1. The van der Waals surface area contributed by atoms with Crippen LogP contribution >= 0.6 is 0 Å². The lowest BCUT2D eigenvalue weighted by molar-refractivity contribution is 0.599. The minimum absolute atomic E-state index is 0.310. The van der Waals surface area contributed by atoms with Crippen LogP contribution in [0, 0.1) is 12.7 Å². The Morgan fingerprint density at radius 1 is 0.792 bits per heavy atom. The lowest BCUT2D eigenvalue weighted by atomic mass is 10.1. The summed E-state index contributed by atoms with van der Waals surface area (Å²) in [7, 11) is 0. The van der Waals surface area contributed by atoms with Crippen LogP contribution in [0.2, 0.25) is 0 Å². The van der Waals surface area contributed by atoms with Crippen molar-refractivity contribution in [3.05, 3.63) is 84.2 Å². The van der Waals surface area contributed by atoms with Gasteiger partial charge in [-0.3, -0.25) is 0 Å². The van der Waals surface area contributed by atoms with Crippen LogP contribution in [-0.2, 0) is 0 Å². The summed E-state index contributed by atoms with van der Waals surface area (Å²) in [5.74, 6) is 1.02. The van der Waals surface area contributed by atoms with Gasteiger partial charge < -0.3 is 9.73 Å². The predicted molar refractivity (Wildman–Crippen MR) is 96.1 cm³/mol. The molecule has 118 valence electrons. The van der Waals surface area contributed by atoms with E-state index in [0.29, 0.717) is 11.6 Å². The first-order chi connectivity index (χ1) is 11.7. The first-order valence-electron chi connectivity index (χ1n) is 7.82. The molecule has 0 saturated carbocycles. The molecule has 0 saturated heterocycles. The van der Waals surface area contributed by atoms with Crippen molar-refractivity contribution in [3.8, 4) is 11.3 Å². The van der Waals surface area contributed by atoms with E-state index in [-0.39, 0.29) is 5.82 Å². The molecule has 0 atom stereocenters. The van der Waals surface area contributed by atoms with Crippen molar-refractivity contribution in [2.45, 2.75) is 6.92 Å². The summed E-state index contributed by atoms with van der Waals surface area (Å²) in [6.45, 7) is 2.05. The lowest BCUT2D eigenvalue weighted by Crippen LogP contribution is -1.91. The monoisotopic (exact) mass is 317 g/mol. The molecule has 0 unspecified atom stereocenters. The summed E-state index contributed by atoms with van der Waals surface area (Å²) in [6, 6.07) is 22.7. The first-order valence-corrected chi connectivity index (χ1v) is 7.82. The van der Waals surface area contributed by atoms with Crippen molar-refractivity contribution < 1.29 is 8.81 Å². The first kappa shape index (κ1) is 14.5. The molecular weight excluding hydrogens is 301 g/mol. The summed E-state index contributed by atoms with van der Waals surface area (Å²) in [6.07, 6.45) is 0. The highest BCUT2D eigenvalue weighted by Crippen LogP contribution is 2.38. The Morgan fingerprint density at radius 3 is 2.21 bits per heavy atom. The van der Waals surface area contributed by atoms with Gasteiger partial charge in [0.05, 0.1) is 5.69 Å². The molecule has 4 rings (SSSR count). The fourth-order valence-electron chi connectivity index (χ4n) is 2.79. The number of aryl methyl sites for hydroxylation is 1. The number of hydrogen-bond acceptors (Lipinski definition) is 2. The molecule has 1 aromatic heterocycles. The number of rotatable bonds is 3. The van der Waals surface area contributed by atoms with E-state index in [1.54, 1.807) is 18.2 Å². The fraction of sp³-hybridized carbons (Fsp3) is 0.0476. The van der Waals surface area contributed by atoms with Gasteiger partial charge in [-0.05, 0) is 25.1 Å². The highest BCUT2D eigenvalue weighted by atomic mass is 19.1. The summed E-state index contributed by atoms with van der Waals surface area (Å²) in [5.41, 5.74) is 2.59. The fourth-order valence-corrected chi connectivity index (χ4v) is 2.79. The van der Waals surface area contributed by atoms with Gasteiger partial charge in [0.2, 0.25) is 5.88 Å². The van der Waals surface area contributed by atoms with Gasteiger partial charge in [0, 0.05) is 16.3 Å². The zero-order chi connectivity index (χ0) is 16.5. The number of benzene rings is 3. The molecule has 3 heteroatoms. The Hall–Kier alpha value is -3.07. The molecule has 0 radical (unpaired) electrons. The standard InChI is InChI=1S/C21H16FNO/c1-14-10-12-15(13-11-14)20-16-6-2-3-7-17(16)21(24-20)23-19-9-5-4-8-18(19)22/h2-13,23H,1H3. The van der Waals surface area contributed by atoms with Gasteiger partial charge in [0.1, 0.15) is 11.6 Å². The second kappa shape index (κ2) is 5.85. The van der Waals surface area contributed by atoms with E-state index in [1.165, 1.54) is 11.6 Å². The summed E-state index contributed by atoms with van der Waals surface area (Å²) >= 11 is 0. The van der Waals surface area contributed by atoms with E-state index < -0.39 is 0 Å². The molecule has 1 N–H and O–H groups in total. The van der Waals surface area contributed by atoms with Gasteiger partial charge in [-0.25, -0.2) is 4.39 Å². The molecule has 0 aliphatic rings. The van der Waals surface area contributed by atoms with Gasteiger partial charge in [0.15, 0.2) is 0 Å². The van der Waals surface area contributed by atoms with Crippen LogP contribution in [-0.4, -0.2) is 0 Å². The van der Waals surface area contributed by atoms with Crippen molar-refractivity contribution in [2.75, 3.05) is 5.32 Å². The van der Waals surface area contributed by atoms with Crippen LogP contribution < -0.4 is 5.32 Å². The minimum Gasteiger partial charge on any atom is -0.439 e. The Kier molecular flexibility index (Phi) is 3.54. The molecule has 0 spiro atoms. The number of fused-ring (bicyclic) bond motifs is 1. The summed E-state index contributed by atoms with van der Waals surface area (Å²) in [4.78, 5) is 0. The maximum absolute atomic E-state index is 13.9. The van der Waals surface area contributed by atoms with Crippen LogP contribution in [0.1, 0.15) is 5.56 Å². The lowest BCUT2D eigenvalue weighted by Gasteiger charge is -2.04. The Labute approximate surface area is 139 Å². The van der Waals surface area contributed by atoms with E-state index in [1.807, 2.05) is 36.4 Å². The van der Waals surface area contributed by atoms with E-state index in [0.717, 1.165) is 22.1 Å². The molecule has 4 aromatic rings. The maximum atomic E-state index is 13.9. The van der Waals surface area contributed by atoms with Crippen LogP contribution in [0.4, 0.5) is 16.0 Å². The molecule has 0 fully saturated rings. The third kappa shape index (κ3) is 2.54. The molecule has 0 aliphatic carbocycles. The normalized spacial score (nSPS) is 10.9. The minimum atomic E-state index is -0.310. The maximum Gasteiger partial charge on any atom is 0.206 e. The van der Waals surface area contributed by atoms with Gasteiger partial charge in [-0.2, -0.15) is 0 Å². The third-order valence-corrected chi connectivity index (χ3v) is 4.06. The van der Waals surface area contributed by atoms with Crippen LogP contribution in [0.5, 0.6) is 0 Å².